The molecule has 0 fully saturated rings. The van der Waals surface area contributed by atoms with Gasteiger partial charge in [-0.1, -0.05) is 158 Å². The van der Waals surface area contributed by atoms with Crippen molar-refractivity contribution < 1.29 is 4.74 Å². The molecule has 0 spiro atoms. The van der Waals surface area contributed by atoms with Crippen LogP contribution in [-0.2, 0) is 15.6 Å². The SMILES string of the molecule is [C-]#[N+]/C(C#N)=C1C=C(/C=C/c2cc3c4c(c2)C(C)(C)CCN4CCC3(C)C)OC(C(C)(C)C)=C\1.c1ccc(-c2c3ccccc3c(-c3ccc(N(c4ccccc4)c4ccccc4)cc3)c3nsnc23)cc1. The number of anilines is 4. The normalized spacial score (nSPS) is 16.3. The Labute approximate surface area is 428 Å². The monoisotopic (exact) mass is 958 g/mol. The number of nitrogens with zero attached hydrogens (tertiary/aromatic N) is 6. The lowest BCUT2D eigenvalue weighted by Gasteiger charge is -2.48. The average molecular weight is 959 g/mol. The highest BCUT2D eigenvalue weighted by molar-refractivity contribution is 7.00. The van der Waals surface area contributed by atoms with Crippen LogP contribution in [-0.4, -0.2) is 21.8 Å². The van der Waals surface area contributed by atoms with Gasteiger partial charge in [0.25, 0.3) is 5.70 Å². The first kappa shape index (κ1) is 47.6. The van der Waals surface area contributed by atoms with E-state index in [2.05, 4.69) is 203 Å². The standard InChI is InChI=1S/C34H23N3S.C30H35N3O/c1-4-12-24(13-5-1)31-29-18-10-11-19-30(29)32(34-33(31)35-38-36-34)25-20-22-28(23-21-25)37(26-14-6-2-7-15-26)27-16-8-3-9-17-27;1-28(2,3)26-18-21(25(19-31)32-8)17-22(34-26)10-9-20-15-23-27-24(16-20)30(6,7)12-14-33(27)13-11-29(23,4)5/h1-23H;9-10,15-18H,11-14H2,1-7H3/b;10-9+,25-21+. The van der Waals surface area contributed by atoms with Crippen LogP contribution in [0.25, 0.3) is 55.0 Å². The third-order valence-electron chi connectivity index (χ3n) is 14.3. The summed E-state index contributed by atoms with van der Waals surface area (Å²) in [5.41, 5.74) is 16.0. The molecular weight excluding hydrogens is 901 g/mol. The van der Waals surface area contributed by atoms with Crippen molar-refractivity contribution in [3.05, 3.63) is 221 Å². The number of allylic oxidation sites excluding steroid dienone is 6. The Morgan fingerprint density at radius 3 is 1.67 bits per heavy atom. The molecule has 0 amide bonds. The second kappa shape index (κ2) is 19.3. The molecule has 8 heteroatoms. The van der Waals surface area contributed by atoms with Gasteiger partial charge in [0, 0.05) is 52.4 Å². The van der Waals surface area contributed by atoms with Gasteiger partial charge >= 0.3 is 0 Å². The molecule has 4 heterocycles. The molecule has 1 aromatic heterocycles. The summed E-state index contributed by atoms with van der Waals surface area (Å²) in [7, 11) is 0. The first-order valence-electron chi connectivity index (χ1n) is 24.7. The van der Waals surface area contributed by atoms with Crippen molar-refractivity contribution in [1.29, 1.82) is 5.26 Å². The van der Waals surface area contributed by atoms with Crippen LogP contribution >= 0.6 is 11.7 Å². The molecular formula is C64H58N6OS. The second-order valence-corrected chi connectivity index (χ2v) is 21.7. The van der Waals surface area contributed by atoms with Gasteiger partial charge in [0.2, 0.25) is 0 Å². The minimum Gasteiger partial charge on any atom is -0.461 e. The van der Waals surface area contributed by atoms with E-state index in [-0.39, 0.29) is 21.9 Å². The zero-order valence-corrected chi connectivity index (χ0v) is 42.9. The number of hydrogen-bond acceptors (Lipinski definition) is 7. The molecule has 72 heavy (non-hydrogen) atoms. The molecule has 3 aliphatic heterocycles. The maximum Gasteiger partial charge on any atom is 0.269 e. The predicted molar refractivity (Wildman–Crippen MR) is 299 cm³/mol. The molecule has 3 aliphatic rings. The van der Waals surface area contributed by atoms with Gasteiger partial charge in [-0.05, 0) is 135 Å². The zero-order chi connectivity index (χ0) is 50.2. The van der Waals surface area contributed by atoms with Gasteiger partial charge in [-0.15, -0.1) is 0 Å². The molecule has 0 radical (unpaired) electrons. The number of rotatable bonds is 7. The minimum absolute atomic E-state index is 0.0812. The van der Waals surface area contributed by atoms with E-state index in [9.17, 15) is 5.26 Å². The summed E-state index contributed by atoms with van der Waals surface area (Å²) in [6, 6.07) is 55.6. The molecule has 0 atom stereocenters. The molecule has 0 bridgehead atoms. The molecule has 7 nitrogen and oxygen atoms in total. The topological polar surface area (TPSA) is 69.6 Å². The maximum absolute atomic E-state index is 9.41. The molecule has 0 saturated carbocycles. The largest absolute Gasteiger partial charge is 0.461 e. The number of nitriles is 1. The van der Waals surface area contributed by atoms with Crippen molar-refractivity contribution >= 4 is 62.4 Å². The summed E-state index contributed by atoms with van der Waals surface area (Å²) in [6.07, 6.45) is 9.99. The number of benzene rings is 7. The van der Waals surface area contributed by atoms with Gasteiger partial charge < -0.3 is 14.5 Å². The van der Waals surface area contributed by atoms with Crippen LogP contribution in [0.15, 0.2) is 193 Å². The van der Waals surface area contributed by atoms with Crippen LogP contribution < -0.4 is 9.80 Å². The second-order valence-electron chi connectivity index (χ2n) is 21.2. The van der Waals surface area contributed by atoms with Crippen molar-refractivity contribution in [3.8, 4) is 28.3 Å². The van der Waals surface area contributed by atoms with E-state index < -0.39 is 0 Å². The van der Waals surface area contributed by atoms with Crippen molar-refractivity contribution in [3.63, 3.8) is 0 Å². The molecule has 356 valence electrons. The summed E-state index contributed by atoms with van der Waals surface area (Å²) in [6.45, 7) is 25.2. The van der Waals surface area contributed by atoms with Gasteiger partial charge in [-0.3, -0.25) is 0 Å². The van der Waals surface area contributed by atoms with Crippen molar-refractivity contribution in [2.75, 3.05) is 22.9 Å². The summed E-state index contributed by atoms with van der Waals surface area (Å²) >= 11 is 1.28. The molecule has 0 aliphatic carbocycles. The molecule has 7 aromatic carbocycles. The number of para-hydroxylation sites is 2. The highest BCUT2D eigenvalue weighted by atomic mass is 32.1. The van der Waals surface area contributed by atoms with Crippen LogP contribution in [0.4, 0.5) is 22.7 Å². The Morgan fingerprint density at radius 2 is 1.17 bits per heavy atom. The lowest BCUT2D eigenvalue weighted by molar-refractivity contribution is 0.223. The van der Waals surface area contributed by atoms with Gasteiger partial charge in [-0.25, -0.2) is 10.1 Å². The van der Waals surface area contributed by atoms with E-state index in [0.29, 0.717) is 11.3 Å². The van der Waals surface area contributed by atoms with E-state index in [0.717, 1.165) is 87.6 Å². The van der Waals surface area contributed by atoms with Crippen molar-refractivity contribution in [2.24, 2.45) is 5.41 Å². The maximum atomic E-state index is 9.41. The van der Waals surface area contributed by atoms with Gasteiger partial charge in [0.1, 0.15) is 22.6 Å². The van der Waals surface area contributed by atoms with Gasteiger partial charge in [0.15, 0.2) is 0 Å². The number of aromatic nitrogens is 2. The average Bonchev–Trinajstić information content (AvgIpc) is 3.88. The summed E-state index contributed by atoms with van der Waals surface area (Å²) in [4.78, 5) is 8.27. The smallest absolute Gasteiger partial charge is 0.269 e. The van der Waals surface area contributed by atoms with E-state index >= 15 is 0 Å². The summed E-state index contributed by atoms with van der Waals surface area (Å²) in [5.74, 6) is 1.39. The first-order chi connectivity index (χ1) is 34.7. The van der Waals surface area contributed by atoms with Gasteiger partial charge in [-0.2, -0.15) is 8.75 Å². The fourth-order valence-corrected chi connectivity index (χ4v) is 10.8. The van der Waals surface area contributed by atoms with Gasteiger partial charge in [0.05, 0.1) is 24.4 Å². The molecule has 0 saturated heterocycles. The number of fused-ring (bicyclic) bond motifs is 2. The summed E-state index contributed by atoms with van der Waals surface area (Å²) < 4.78 is 15.8. The van der Waals surface area contributed by atoms with E-state index in [4.69, 9.17) is 20.1 Å². The Hall–Kier alpha value is -8.04. The minimum atomic E-state index is -0.241. The lowest BCUT2D eigenvalue weighted by atomic mass is 9.69. The molecule has 11 rings (SSSR count). The van der Waals surface area contributed by atoms with E-state index in [1.54, 1.807) is 6.08 Å². The van der Waals surface area contributed by atoms with Crippen LogP contribution in [0.1, 0.15) is 78.0 Å². The predicted octanol–water partition coefficient (Wildman–Crippen LogP) is 17.1. The fourth-order valence-electron chi connectivity index (χ4n) is 10.3. The Kier molecular flexibility index (Phi) is 12.8. The highest BCUT2D eigenvalue weighted by Gasteiger charge is 2.40. The Balaban J connectivity index is 0.000000167. The molecule has 8 aromatic rings. The Morgan fingerprint density at radius 1 is 0.681 bits per heavy atom. The first-order valence-corrected chi connectivity index (χ1v) is 25.5. The zero-order valence-electron chi connectivity index (χ0n) is 42.1. The van der Waals surface area contributed by atoms with Crippen molar-refractivity contribution in [2.45, 2.75) is 72.1 Å². The number of ether oxygens (including phenoxy) is 1. The highest BCUT2D eigenvalue weighted by Crippen LogP contribution is 2.50. The molecule has 0 unspecified atom stereocenters. The Bertz CT molecular complexity index is 3450. The number of hydrogen-bond donors (Lipinski definition) is 0. The van der Waals surface area contributed by atoms with E-state index in [1.807, 2.05) is 36.4 Å². The fraction of sp³-hybridized carbons (Fsp3) is 0.219. The third-order valence-corrected chi connectivity index (χ3v) is 14.9. The van der Waals surface area contributed by atoms with Crippen LogP contribution in [0, 0.1) is 23.3 Å². The van der Waals surface area contributed by atoms with E-state index in [1.165, 1.54) is 39.3 Å². The summed E-state index contributed by atoms with van der Waals surface area (Å²) in [5, 5.41) is 11.8. The molecule has 0 N–H and O–H groups in total. The quantitative estimate of drug-likeness (QED) is 0.117. The third kappa shape index (κ3) is 9.23. The van der Waals surface area contributed by atoms with Crippen LogP contribution in [0.5, 0.6) is 0 Å². The van der Waals surface area contributed by atoms with Crippen molar-refractivity contribution in [1.82, 2.24) is 8.75 Å². The van der Waals surface area contributed by atoms with Crippen LogP contribution in [0.3, 0.4) is 0 Å². The lowest BCUT2D eigenvalue weighted by Crippen LogP contribution is -2.44. The van der Waals surface area contributed by atoms with Crippen LogP contribution in [0.2, 0.25) is 0 Å².